The predicted octanol–water partition coefficient (Wildman–Crippen LogP) is 1.85. The number of rotatable bonds is 3. The number of aromatic amines is 1. The van der Waals surface area contributed by atoms with E-state index in [1.54, 1.807) is 0 Å². The van der Waals surface area contributed by atoms with E-state index in [0.717, 1.165) is 16.5 Å². The van der Waals surface area contributed by atoms with Crippen molar-refractivity contribution in [1.82, 2.24) is 4.98 Å². The van der Waals surface area contributed by atoms with Gasteiger partial charge in [0.1, 0.15) is 6.04 Å². The van der Waals surface area contributed by atoms with E-state index in [2.05, 4.69) is 4.98 Å². The number of carboxylic acids is 1. The maximum Gasteiger partial charge on any atom is 0.320 e. The van der Waals surface area contributed by atoms with E-state index in [-0.39, 0.29) is 12.4 Å². The van der Waals surface area contributed by atoms with Crippen molar-refractivity contribution in [2.45, 2.75) is 19.4 Å². The number of aryl methyl sites for hydroxylation is 1. The number of aliphatic carboxylic acids is 1. The van der Waals surface area contributed by atoms with Crippen LogP contribution in [0.15, 0.2) is 24.4 Å². The van der Waals surface area contributed by atoms with Crippen LogP contribution in [0.1, 0.15) is 11.1 Å². The van der Waals surface area contributed by atoms with Gasteiger partial charge < -0.3 is 15.8 Å². The average Bonchev–Trinajstić information content (AvgIpc) is 2.60. The van der Waals surface area contributed by atoms with Crippen LogP contribution >= 0.6 is 12.4 Å². The molecule has 0 aliphatic carbocycles. The van der Waals surface area contributed by atoms with Gasteiger partial charge in [-0.1, -0.05) is 12.1 Å². The fraction of sp³-hybridized carbons (Fsp3) is 0.250. The van der Waals surface area contributed by atoms with Crippen LogP contribution in [-0.2, 0) is 11.2 Å². The predicted molar refractivity (Wildman–Crippen MR) is 69.6 cm³/mol. The van der Waals surface area contributed by atoms with E-state index >= 15 is 0 Å². The second-order valence-electron chi connectivity index (χ2n) is 4.01. The number of hydrogen-bond acceptors (Lipinski definition) is 2. The molecule has 0 saturated carbocycles. The number of hydrogen-bond donors (Lipinski definition) is 3. The summed E-state index contributed by atoms with van der Waals surface area (Å²) >= 11 is 0. The number of nitrogens with two attached hydrogens (primary N) is 1. The summed E-state index contributed by atoms with van der Waals surface area (Å²) < 4.78 is 0. The lowest BCUT2D eigenvalue weighted by Gasteiger charge is -2.04. The van der Waals surface area contributed by atoms with E-state index in [4.69, 9.17) is 10.8 Å². The summed E-state index contributed by atoms with van der Waals surface area (Å²) in [5, 5.41) is 9.81. The molecule has 0 aliphatic rings. The van der Waals surface area contributed by atoms with Crippen molar-refractivity contribution in [2.24, 2.45) is 5.73 Å². The maximum absolute atomic E-state index is 10.7. The molecule has 0 radical (unpaired) electrons. The van der Waals surface area contributed by atoms with E-state index in [1.807, 2.05) is 31.3 Å². The third-order valence-corrected chi connectivity index (χ3v) is 2.68. The van der Waals surface area contributed by atoms with Crippen LogP contribution in [-0.4, -0.2) is 22.1 Å². The van der Waals surface area contributed by atoms with E-state index in [9.17, 15) is 4.79 Å². The summed E-state index contributed by atoms with van der Waals surface area (Å²) in [7, 11) is 0. The molecule has 0 fully saturated rings. The highest BCUT2D eigenvalue weighted by molar-refractivity contribution is 5.85. The first-order valence-corrected chi connectivity index (χ1v) is 5.13. The van der Waals surface area contributed by atoms with Crippen LogP contribution < -0.4 is 5.73 Å². The van der Waals surface area contributed by atoms with E-state index in [1.165, 1.54) is 5.56 Å². The number of nitrogens with one attached hydrogen (secondary N) is 1. The number of fused-ring (bicyclic) bond motifs is 1. The number of halogens is 1. The summed E-state index contributed by atoms with van der Waals surface area (Å²) in [4.78, 5) is 13.8. The van der Waals surface area contributed by atoms with Crippen molar-refractivity contribution in [1.29, 1.82) is 0 Å². The molecule has 4 nitrogen and oxygen atoms in total. The molecule has 0 saturated heterocycles. The Kier molecular flexibility index (Phi) is 4.15. The van der Waals surface area contributed by atoms with Crippen LogP contribution in [0.4, 0.5) is 0 Å². The molecular formula is C12H15ClN2O2. The van der Waals surface area contributed by atoms with Crippen molar-refractivity contribution >= 4 is 29.3 Å². The Balaban J connectivity index is 0.00000144. The normalized spacial score (nSPS) is 12.1. The van der Waals surface area contributed by atoms with Crippen molar-refractivity contribution in [3.8, 4) is 0 Å². The van der Waals surface area contributed by atoms with Crippen LogP contribution in [0.3, 0.4) is 0 Å². The third-order valence-electron chi connectivity index (χ3n) is 2.68. The van der Waals surface area contributed by atoms with E-state index < -0.39 is 12.0 Å². The van der Waals surface area contributed by atoms with Crippen molar-refractivity contribution in [3.05, 3.63) is 35.5 Å². The molecular weight excluding hydrogens is 240 g/mol. The van der Waals surface area contributed by atoms with Gasteiger partial charge in [-0.2, -0.15) is 0 Å². The van der Waals surface area contributed by atoms with E-state index in [0.29, 0.717) is 6.42 Å². The quantitative estimate of drug-likeness (QED) is 0.782. The lowest BCUT2D eigenvalue weighted by molar-refractivity contribution is -0.138. The molecule has 1 atom stereocenters. The number of benzene rings is 1. The van der Waals surface area contributed by atoms with Gasteiger partial charge in [0.05, 0.1) is 0 Å². The highest BCUT2D eigenvalue weighted by Crippen LogP contribution is 2.20. The fourth-order valence-electron chi connectivity index (χ4n) is 1.79. The van der Waals surface area contributed by atoms with Gasteiger partial charge in [0.2, 0.25) is 0 Å². The van der Waals surface area contributed by atoms with Crippen molar-refractivity contribution < 1.29 is 9.90 Å². The molecule has 1 aromatic heterocycles. The van der Waals surface area contributed by atoms with Gasteiger partial charge in [0.25, 0.3) is 0 Å². The van der Waals surface area contributed by atoms with Crippen LogP contribution in [0.25, 0.3) is 10.9 Å². The summed E-state index contributed by atoms with van der Waals surface area (Å²) in [6.45, 7) is 2.02. The number of aromatic nitrogens is 1. The van der Waals surface area contributed by atoms with Crippen LogP contribution in [0.2, 0.25) is 0 Å². The zero-order valence-electron chi connectivity index (χ0n) is 9.43. The minimum atomic E-state index is -0.971. The summed E-state index contributed by atoms with van der Waals surface area (Å²) in [6.07, 6.45) is 2.17. The largest absolute Gasteiger partial charge is 0.480 e. The Morgan fingerprint density at radius 3 is 2.88 bits per heavy atom. The smallest absolute Gasteiger partial charge is 0.320 e. The Morgan fingerprint density at radius 2 is 2.24 bits per heavy atom. The molecule has 2 aromatic rings. The Bertz CT molecular complexity index is 536. The Morgan fingerprint density at radius 1 is 1.53 bits per heavy atom. The first-order valence-electron chi connectivity index (χ1n) is 5.13. The van der Waals surface area contributed by atoms with Gasteiger partial charge in [-0.05, 0) is 24.1 Å². The first-order chi connectivity index (χ1) is 7.58. The van der Waals surface area contributed by atoms with Crippen LogP contribution in [0.5, 0.6) is 0 Å². The highest BCUT2D eigenvalue weighted by atomic mass is 35.5. The van der Waals surface area contributed by atoms with Crippen molar-refractivity contribution in [2.75, 3.05) is 0 Å². The molecule has 1 aromatic carbocycles. The molecule has 1 unspecified atom stereocenters. The van der Waals surface area contributed by atoms with Gasteiger partial charge in [-0.15, -0.1) is 12.4 Å². The number of carbonyl (C=O) groups is 1. The fourth-order valence-corrected chi connectivity index (χ4v) is 1.79. The molecule has 0 aliphatic heterocycles. The SMILES string of the molecule is Cc1ccc2c(CC(N)C(=O)O)c[nH]c2c1.Cl. The molecule has 92 valence electrons. The highest BCUT2D eigenvalue weighted by Gasteiger charge is 2.14. The first kappa shape index (κ1) is 13.5. The summed E-state index contributed by atoms with van der Waals surface area (Å²) in [5.74, 6) is -0.971. The molecule has 1 heterocycles. The zero-order chi connectivity index (χ0) is 11.7. The second-order valence-corrected chi connectivity index (χ2v) is 4.01. The standard InChI is InChI=1S/C12H14N2O2.ClH/c1-7-2-3-9-8(5-10(13)12(15)16)6-14-11(9)4-7;/h2-4,6,10,14H,5,13H2,1H3,(H,15,16);1H. The lowest BCUT2D eigenvalue weighted by atomic mass is 10.0. The monoisotopic (exact) mass is 254 g/mol. The van der Waals surface area contributed by atoms with Gasteiger partial charge in [-0.3, -0.25) is 4.79 Å². The Hall–Kier alpha value is -1.52. The molecule has 4 N–H and O–H groups in total. The topological polar surface area (TPSA) is 79.1 Å². The molecule has 0 bridgehead atoms. The van der Waals surface area contributed by atoms with Gasteiger partial charge >= 0.3 is 5.97 Å². The molecule has 0 amide bonds. The maximum atomic E-state index is 10.7. The number of H-pyrrole nitrogens is 1. The van der Waals surface area contributed by atoms with Gasteiger partial charge in [-0.25, -0.2) is 0 Å². The summed E-state index contributed by atoms with van der Waals surface area (Å²) in [6, 6.07) is 5.18. The zero-order valence-corrected chi connectivity index (χ0v) is 10.3. The van der Waals surface area contributed by atoms with Gasteiger partial charge in [0.15, 0.2) is 0 Å². The minimum Gasteiger partial charge on any atom is -0.480 e. The lowest BCUT2D eigenvalue weighted by Crippen LogP contribution is -2.32. The minimum absolute atomic E-state index is 0. The third kappa shape index (κ3) is 2.78. The second kappa shape index (κ2) is 5.21. The molecule has 5 heteroatoms. The number of carboxylic acid groups (broad SMARTS) is 1. The summed E-state index contributed by atoms with van der Waals surface area (Å²) in [5.41, 5.74) is 8.65. The molecule has 2 rings (SSSR count). The van der Waals surface area contributed by atoms with Crippen LogP contribution in [0, 0.1) is 6.92 Å². The molecule has 17 heavy (non-hydrogen) atoms. The average molecular weight is 255 g/mol. The molecule has 0 spiro atoms. The van der Waals surface area contributed by atoms with Crippen molar-refractivity contribution in [3.63, 3.8) is 0 Å². The van der Waals surface area contributed by atoms with Gasteiger partial charge in [0, 0.05) is 23.5 Å². The Labute approximate surface area is 105 Å².